The molecule has 1 heterocycles. The third-order valence-electron chi connectivity index (χ3n) is 3.04. The molecule has 0 aliphatic rings. The number of carbonyl (C=O) groups excluding carboxylic acids is 1. The Balaban J connectivity index is 2.57. The van der Waals surface area contributed by atoms with E-state index in [0.29, 0.717) is 0 Å². The van der Waals surface area contributed by atoms with Gasteiger partial charge in [0.05, 0.1) is 35.1 Å². The van der Waals surface area contributed by atoms with E-state index in [9.17, 15) is 9.18 Å². The Bertz CT molecular complexity index is 787. The first-order chi connectivity index (χ1) is 11.4. The number of nitrogens with zero attached hydrogens (tertiary/aromatic N) is 1. The Morgan fingerprint density at radius 3 is 2.75 bits per heavy atom. The SMILES string of the molecule is CCONC(=O)c1nc(-c2ccc(Cl)c(OC)c2F)cc(N)c1Cl. The lowest BCUT2D eigenvalue weighted by molar-refractivity contribution is 0.0360. The molecule has 1 aromatic heterocycles. The van der Waals surface area contributed by atoms with Crippen molar-refractivity contribution in [2.75, 3.05) is 19.5 Å². The highest BCUT2D eigenvalue weighted by molar-refractivity contribution is 6.36. The Morgan fingerprint density at radius 2 is 2.12 bits per heavy atom. The lowest BCUT2D eigenvalue weighted by Crippen LogP contribution is -2.25. The van der Waals surface area contributed by atoms with Crippen LogP contribution in [-0.2, 0) is 4.84 Å². The molecule has 6 nitrogen and oxygen atoms in total. The maximum atomic E-state index is 14.5. The number of halogens is 3. The summed E-state index contributed by atoms with van der Waals surface area (Å²) in [6.45, 7) is 1.94. The molecule has 24 heavy (non-hydrogen) atoms. The van der Waals surface area contributed by atoms with Crippen molar-refractivity contribution in [3.63, 3.8) is 0 Å². The molecule has 0 unspecified atom stereocenters. The molecule has 1 amide bonds. The molecule has 2 aromatic rings. The van der Waals surface area contributed by atoms with Crippen LogP contribution in [0.1, 0.15) is 17.4 Å². The number of rotatable bonds is 5. The summed E-state index contributed by atoms with van der Waals surface area (Å²) in [6.07, 6.45) is 0. The second-order valence-corrected chi connectivity index (χ2v) is 5.35. The standard InChI is InChI=1S/C15H14Cl2FN3O3/c1-3-24-21-15(22)13-11(17)9(19)6-10(20-13)7-4-5-8(16)14(23-2)12(7)18/h4-6H,3H2,1-2H3,(H2,19,20)(H,21,22). The van der Waals surface area contributed by atoms with Gasteiger partial charge in [-0.15, -0.1) is 0 Å². The lowest BCUT2D eigenvalue weighted by atomic mass is 10.1. The summed E-state index contributed by atoms with van der Waals surface area (Å²) < 4.78 is 19.5. The van der Waals surface area contributed by atoms with Crippen molar-refractivity contribution in [1.29, 1.82) is 0 Å². The molecule has 0 saturated carbocycles. The molecule has 0 aliphatic carbocycles. The number of pyridine rings is 1. The van der Waals surface area contributed by atoms with Gasteiger partial charge < -0.3 is 10.5 Å². The van der Waals surface area contributed by atoms with E-state index >= 15 is 0 Å². The number of anilines is 1. The van der Waals surface area contributed by atoms with E-state index < -0.39 is 11.7 Å². The molecule has 128 valence electrons. The summed E-state index contributed by atoms with van der Waals surface area (Å²) in [5.74, 6) is -1.56. The van der Waals surface area contributed by atoms with E-state index in [4.69, 9.17) is 38.5 Å². The minimum absolute atomic E-state index is 0.0581. The van der Waals surface area contributed by atoms with E-state index in [-0.39, 0.29) is 45.0 Å². The number of hydrogen-bond acceptors (Lipinski definition) is 5. The van der Waals surface area contributed by atoms with Gasteiger partial charge in [-0.25, -0.2) is 14.9 Å². The summed E-state index contributed by atoms with van der Waals surface area (Å²) in [7, 11) is 1.29. The van der Waals surface area contributed by atoms with Crippen molar-refractivity contribution in [1.82, 2.24) is 10.5 Å². The van der Waals surface area contributed by atoms with Crippen molar-refractivity contribution >= 4 is 34.8 Å². The molecule has 0 fully saturated rings. The average Bonchev–Trinajstić information content (AvgIpc) is 2.55. The fourth-order valence-electron chi connectivity index (χ4n) is 1.94. The van der Waals surface area contributed by atoms with Crippen LogP contribution in [0.15, 0.2) is 18.2 Å². The van der Waals surface area contributed by atoms with Crippen LogP contribution in [0.2, 0.25) is 10.0 Å². The zero-order valence-electron chi connectivity index (χ0n) is 12.8. The zero-order chi connectivity index (χ0) is 17.9. The van der Waals surface area contributed by atoms with Crippen LogP contribution in [-0.4, -0.2) is 24.6 Å². The van der Waals surface area contributed by atoms with Crippen molar-refractivity contribution in [3.8, 4) is 17.0 Å². The minimum atomic E-state index is -0.726. The summed E-state index contributed by atoms with van der Waals surface area (Å²) in [4.78, 5) is 20.9. The highest BCUT2D eigenvalue weighted by Gasteiger charge is 2.21. The van der Waals surface area contributed by atoms with Crippen LogP contribution < -0.4 is 16.0 Å². The zero-order valence-corrected chi connectivity index (χ0v) is 14.3. The van der Waals surface area contributed by atoms with Gasteiger partial charge in [0.2, 0.25) is 0 Å². The number of nitrogens with two attached hydrogens (primary N) is 1. The van der Waals surface area contributed by atoms with Crippen LogP contribution in [0, 0.1) is 5.82 Å². The first kappa shape index (κ1) is 18.3. The number of nitrogen functional groups attached to an aromatic ring is 1. The number of ether oxygens (including phenoxy) is 1. The molecular weight excluding hydrogens is 360 g/mol. The Hall–Kier alpha value is -2.09. The number of nitrogens with one attached hydrogen (secondary N) is 1. The van der Waals surface area contributed by atoms with Crippen molar-refractivity contribution in [2.45, 2.75) is 6.92 Å². The molecule has 0 bridgehead atoms. The predicted molar refractivity (Wildman–Crippen MR) is 89.7 cm³/mol. The summed E-state index contributed by atoms with van der Waals surface area (Å²) in [5.41, 5.74) is 8.01. The van der Waals surface area contributed by atoms with E-state index in [2.05, 4.69) is 10.5 Å². The quantitative estimate of drug-likeness (QED) is 0.783. The number of aromatic nitrogens is 1. The van der Waals surface area contributed by atoms with Gasteiger partial charge in [-0.05, 0) is 25.1 Å². The first-order valence-corrected chi connectivity index (χ1v) is 7.56. The molecule has 2 rings (SSSR count). The summed E-state index contributed by atoms with van der Waals surface area (Å²) >= 11 is 11.9. The van der Waals surface area contributed by atoms with Gasteiger partial charge in [0.15, 0.2) is 17.3 Å². The molecule has 3 N–H and O–H groups in total. The number of hydroxylamine groups is 1. The number of methoxy groups -OCH3 is 1. The van der Waals surface area contributed by atoms with Crippen molar-refractivity contribution in [2.24, 2.45) is 0 Å². The topological polar surface area (TPSA) is 86.5 Å². The van der Waals surface area contributed by atoms with Gasteiger partial charge >= 0.3 is 0 Å². The van der Waals surface area contributed by atoms with Crippen LogP contribution in [0.4, 0.5) is 10.1 Å². The fraction of sp³-hybridized carbons (Fsp3) is 0.200. The number of hydrogen-bond donors (Lipinski definition) is 2. The van der Waals surface area contributed by atoms with Crippen LogP contribution in [0.3, 0.4) is 0 Å². The van der Waals surface area contributed by atoms with Crippen LogP contribution >= 0.6 is 23.2 Å². The van der Waals surface area contributed by atoms with Crippen molar-refractivity contribution < 1.29 is 18.8 Å². The van der Waals surface area contributed by atoms with E-state index in [1.165, 1.54) is 25.3 Å². The third-order valence-corrected chi connectivity index (χ3v) is 3.73. The number of benzene rings is 1. The molecule has 0 atom stereocenters. The molecule has 0 radical (unpaired) electrons. The molecule has 0 aliphatic heterocycles. The van der Waals surface area contributed by atoms with Crippen molar-refractivity contribution in [3.05, 3.63) is 39.8 Å². The van der Waals surface area contributed by atoms with E-state index in [1.807, 2.05) is 0 Å². The van der Waals surface area contributed by atoms with E-state index in [1.54, 1.807) is 6.92 Å². The van der Waals surface area contributed by atoms with Gasteiger partial charge in [0.25, 0.3) is 5.91 Å². The largest absolute Gasteiger partial charge is 0.492 e. The number of carbonyl (C=O) groups is 1. The average molecular weight is 374 g/mol. The Morgan fingerprint density at radius 1 is 1.42 bits per heavy atom. The molecule has 1 aromatic carbocycles. The molecule has 0 spiro atoms. The molecular formula is C15H14Cl2FN3O3. The highest BCUT2D eigenvalue weighted by atomic mass is 35.5. The lowest BCUT2D eigenvalue weighted by Gasteiger charge is -2.12. The Labute approximate surface area is 147 Å². The fourth-order valence-corrected chi connectivity index (χ4v) is 2.35. The van der Waals surface area contributed by atoms with Gasteiger partial charge in [-0.3, -0.25) is 9.63 Å². The van der Waals surface area contributed by atoms with Gasteiger partial charge in [0, 0.05) is 5.56 Å². The first-order valence-electron chi connectivity index (χ1n) is 6.81. The Kier molecular flexibility index (Phi) is 5.82. The van der Waals surface area contributed by atoms with E-state index in [0.717, 1.165) is 0 Å². The van der Waals surface area contributed by atoms with Crippen LogP contribution in [0.25, 0.3) is 11.3 Å². The predicted octanol–water partition coefficient (Wildman–Crippen LogP) is 3.47. The number of amides is 1. The normalized spacial score (nSPS) is 10.5. The highest BCUT2D eigenvalue weighted by Crippen LogP contribution is 2.36. The molecule has 9 heteroatoms. The summed E-state index contributed by atoms with van der Waals surface area (Å²) in [5, 5.41) is 0.0484. The second-order valence-electron chi connectivity index (χ2n) is 4.57. The second kappa shape index (κ2) is 7.65. The summed E-state index contributed by atoms with van der Waals surface area (Å²) in [6, 6.07) is 4.21. The van der Waals surface area contributed by atoms with Gasteiger partial charge in [-0.1, -0.05) is 23.2 Å². The monoisotopic (exact) mass is 373 g/mol. The van der Waals surface area contributed by atoms with Crippen LogP contribution in [0.5, 0.6) is 5.75 Å². The smallest absolute Gasteiger partial charge is 0.295 e. The molecule has 0 saturated heterocycles. The maximum absolute atomic E-state index is 14.5. The van der Waals surface area contributed by atoms with Gasteiger partial charge in [0.1, 0.15) is 0 Å². The third kappa shape index (κ3) is 3.53. The van der Waals surface area contributed by atoms with Gasteiger partial charge in [-0.2, -0.15) is 0 Å². The maximum Gasteiger partial charge on any atom is 0.295 e. The minimum Gasteiger partial charge on any atom is -0.492 e.